The summed E-state index contributed by atoms with van der Waals surface area (Å²) >= 11 is 5.45. The number of H-pyrrole nitrogens is 1. The van der Waals surface area contributed by atoms with Crippen LogP contribution in [0.15, 0.2) is 24.3 Å². The Labute approximate surface area is 132 Å². The Morgan fingerprint density at radius 2 is 1.95 bits per heavy atom. The average molecular weight is 300 g/mol. The Morgan fingerprint density at radius 1 is 1.24 bits per heavy atom. The van der Waals surface area contributed by atoms with Crippen LogP contribution in [0.2, 0.25) is 0 Å². The highest BCUT2D eigenvalue weighted by Crippen LogP contribution is 2.26. The molecule has 0 radical (unpaired) electrons. The molecule has 2 nitrogen and oxygen atoms in total. The van der Waals surface area contributed by atoms with Gasteiger partial charge < -0.3 is 4.98 Å². The maximum atomic E-state index is 5.45. The fourth-order valence-corrected chi connectivity index (χ4v) is 2.54. The third-order valence-corrected chi connectivity index (χ3v) is 4.01. The molecule has 0 saturated carbocycles. The van der Waals surface area contributed by atoms with E-state index in [0.29, 0.717) is 4.64 Å². The van der Waals surface area contributed by atoms with Crippen LogP contribution in [-0.2, 0) is 11.8 Å². The lowest BCUT2D eigenvalue weighted by atomic mass is 9.95. The van der Waals surface area contributed by atoms with Gasteiger partial charge in [-0.3, -0.25) is 0 Å². The van der Waals surface area contributed by atoms with Gasteiger partial charge in [-0.1, -0.05) is 64.5 Å². The van der Waals surface area contributed by atoms with Crippen molar-refractivity contribution in [3.8, 4) is 11.3 Å². The summed E-state index contributed by atoms with van der Waals surface area (Å²) in [6, 6.07) is 8.69. The second kappa shape index (κ2) is 6.10. The highest BCUT2D eigenvalue weighted by molar-refractivity contribution is 7.71. The van der Waals surface area contributed by atoms with Gasteiger partial charge in [0.15, 0.2) is 0 Å². The number of aromatic amines is 1. The van der Waals surface area contributed by atoms with Crippen LogP contribution in [0.3, 0.4) is 0 Å². The molecule has 0 fully saturated rings. The topological polar surface area (TPSA) is 28.7 Å². The Morgan fingerprint density at radius 3 is 2.57 bits per heavy atom. The highest BCUT2D eigenvalue weighted by Gasteiger charge is 2.18. The molecule has 0 aliphatic carbocycles. The summed E-state index contributed by atoms with van der Waals surface area (Å²) in [6.07, 6.45) is 2.26. The summed E-state index contributed by atoms with van der Waals surface area (Å²) in [5, 5.41) is 0. The minimum absolute atomic E-state index is 0.0446. The third kappa shape index (κ3) is 3.59. The van der Waals surface area contributed by atoms with Crippen molar-refractivity contribution in [1.29, 1.82) is 0 Å². The first-order valence-electron chi connectivity index (χ1n) is 7.53. The second-order valence-electron chi connectivity index (χ2n) is 6.59. The first kappa shape index (κ1) is 15.9. The van der Waals surface area contributed by atoms with Crippen LogP contribution in [-0.4, -0.2) is 9.97 Å². The molecule has 0 saturated heterocycles. The molecule has 0 aliphatic heterocycles. The largest absolute Gasteiger partial charge is 0.342 e. The number of nitrogens with zero attached hydrogens (tertiary/aromatic N) is 1. The van der Waals surface area contributed by atoms with Crippen molar-refractivity contribution < 1.29 is 0 Å². The van der Waals surface area contributed by atoms with E-state index in [1.807, 2.05) is 6.92 Å². The molecule has 0 spiro atoms. The molecule has 21 heavy (non-hydrogen) atoms. The molecule has 1 aromatic heterocycles. The van der Waals surface area contributed by atoms with Crippen LogP contribution in [0.4, 0.5) is 0 Å². The van der Waals surface area contributed by atoms with Crippen molar-refractivity contribution in [3.05, 3.63) is 45.9 Å². The molecule has 3 heteroatoms. The predicted molar refractivity (Wildman–Crippen MR) is 92.3 cm³/mol. The zero-order valence-electron chi connectivity index (χ0n) is 13.6. The van der Waals surface area contributed by atoms with Gasteiger partial charge in [0.1, 0.15) is 10.5 Å². The van der Waals surface area contributed by atoms with Crippen molar-refractivity contribution in [2.24, 2.45) is 0 Å². The molecule has 0 bridgehead atoms. The first-order chi connectivity index (χ1) is 9.82. The molecule has 0 unspecified atom stereocenters. The Bertz CT molecular complexity index is 693. The maximum Gasteiger partial charge on any atom is 0.133 e. The molecule has 2 rings (SSSR count). The monoisotopic (exact) mass is 300 g/mol. The molecule has 1 heterocycles. The minimum atomic E-state index is -0.0446. The zero-order valence-corrected chi connectivity index (χ0v) is 14.4. The second-order valence-corrected chi connectivity index (χ2v) is 6.98. The molecular weight excluding hydrogens is 276 g/mol. The standard InChI is InChI=1S/C18H24N2S/c1-6-8-13-9-7-10-14(11-13)15-12(2)16(21)20-17(19-15)18(3,4)5/h7,9-11H,6,8H2,1-5H3,(H,19,20,21). The fraction of sp³-hybridized carbons (Fsp3) is 0.444. The quantitative estimate of drug-likeness (QED) is 0.772. The van der Waals surface area contributed by atoms with Gasteiger partial charge in [-0.25, -0.2) is 4.98 Å². The lowest BCUT2D eigenvalue weighted by Crippen LogP contribution is -2.17. The summed E-state index contributed by atoms with van der Waals surface area (Å²) in [5.74, 6) is 0.939. The van der Waals surface area contributed by atoms with E-state index in [1.165, 1.54) is 11.1 Å². The summed E-state index contributed by atoms with van der Waals surface area (Å²) in [5.41, 5.74) is 4.65. The van der Waals surface area contributed by atoms with Gasteiger partial charge in [-0.05, 0) is 30.5 Å². The fourth-order valence-electron chi connectivity index (χ4n) is 2.35. The Balaban J connectivity index is 2.60. The molecular formula is C18H24N2S. The van der Waals surface area contributed by atoms with Gasteiger partial charge in [-0.15, -0.1) is 0 Å². The van der Waals surface area contributed by atoms with E-state index in [4.69, 9.17) is 12.2 Å². The van der Waals surface area contributed by atoms with Crippen molar-refractivity contribution >= 4 is 12.2 Å². The van der Waals surface area contributed by atoms with Crippen molar-refractivity contribution in [1.82, 2.24) is 9.97 Å². The van der Waals surface area contributed by atoms with E-state index in [0.717, 1.165) is 29.9 Å². The lowest BCUT2D eigenvalue weighted by molar-refractivity contribution is 0.544. The van der Waals surface area contributed by atoms with E-state index >= 15 is 0 Å². The number of hydrogen-bond acceptors (Lipinski definition) is 2. The van der Waals surface area contributed by atoms with Crippen molar-refractivity contribution in [2.75, 3.05) is 0 Å². The normalized spacial score (nSPS) is 11.7. The third-order valence-electron chi connectivity index (χ3n) is 3.62. The van der Waals surface area contributed by atoms with E-state index in [1.54, 1.807) is 0 Å². The summed E-state index contributed by atoms with van der Waals surface area (Å²) in [4.78, 5) is 8.05. The van der Waals surface area contributed by atoms with E-state index in [2.05, 4.69) is 61.9 Å². The van der Waals surface area contributed by atoms with Crippen LogP contribution in [0, 0.1) is 11.6 Å². The zero-order chi connectivity index (χ0) is 15.6. The van der Waals surface area contributed by atoms with Crippen molar-refractivity contribution in [3.63, 3.8) is 0 Å². The highest BCUT2D eigenvalue weighted by atomic mass is 32.1. The molecule has 1 aromatic carbocycles. The molecule has 0 aliphatic rings. The van der Waals surface area contributed by atoms with E-state index in [-0.39, 0.29) is 5.41 Å². The number of nitrogens with one attached hydrogen (secondary N) is 1. The van der Waals surface area contributed by atoms with Crippen LogP contribution in [0.1, 0.15) is 51.1 Å². The number of benzene rings is 1. The van der Waals surface area contributed by atoms with Gasteiger partial charge in [0.05, 0.1) is 5.69 Å². The van der Waals surface area contributed by atoms with Crippen LogP contribution < -0.4 is 0 Å². The van der Waals surface area contributed by atoms with Gasteiger partial charge in [0, 0.05) is 11.0 Å². The van der Waals surface area contributed by atoms with E-state index < -0.39 is 0 Å². The summed E-state index contributed by atoms with van der Waals surface area (Å²) in [7, 11) is 0. The summed E-state index contributed by atoms with van der Waals surface area (Å²) in [6.45, 7) is 10.7. The lowest BCUT2D eigenvalue weighted by Gasteiger charge is -2.20. The van der Waals surface area contributed by atoms with Gasteiger partial charge in [0.2, 0.25) is 0 Å². The average Bonchev–Trinajstić information content (AvgIpc) is 2.41. The first-order valence-corrected chi connectivity index (χ1v) is 7.94. The molecule has 1 N–H and O–H groups in total. The minimum Gasteiger partial charge on any atom is -0.342 e. The molecule has 112 valence electrons. The predicted octanol–water partition coefficient (Wildman–Crippen LogP) is 5.36. The van der Waals surface area contributed by atoms with Gasteiger partial charge >= 0.3 is 0 Å². The Hall–Kier alpha value is -1.48. The SMILES string of the molecule is CCCc1cccc(-c2[nH]c(C(C)(C)C)nc(=S)c2C)c1. The van der Waals surface area contributed by atoms with Gasteiger partial charge in [0.25, 0.3) is 0 Å². The van der Waals surface area contributed by atoms with Crippen LogP contribution >= 0.6 is 12.2 Å². The smallest absolute Gasteiger partial charge is 0.133 e. The van der Waals surface area contributed by atoms with Crippen molar-refractivity contribution in [2.45, 2.75) is 52.9 Å². The number of hydrogen-bond donors (Lipinski definition) is 1. The molecule has 0 atom stereocenters. The van der Waals surface area contributed by atoms with Crippen LogP contribution in [0.25, 0.3) is 11.3 Å². The summed E-state index contributed by atoms with van der Waals surface area (Å²) < 4.78 is 0.689. The van der Waals surface area contributed by atoms with Gasteiger partial charge in [-0.2, -0.15) is 0 Å². The number of rotatable bonds is 3. The van der Waals surface area contributed by atoms with E-state index in [9.17, 15) is 0 Å². The maximum absolute atomic E-state index is 5.45. The van der Waals surface area contributed by atoms with Crippen LogP contribution in [0.5, 0.6) is 0 Å². The molecule has 2 aromatic rings. The number of aromatic nitrogens is 2. The Kier molecular flexibility index (Phi) is 4.62. The molecule has 0 amide bonds. The number of aryl methyl sites for hydroxylation is 1.